The van der Waals surface area contributed by atoms with Gasteiger partial charge in [-0.2, -0.15) is 15.4 Å². The summed E-state index contributed by atoms with van der Waals surface area (Å²) in [6, 6.07) is 11.5. The molecule has 0 spiro atoms. The Bertz CT molecular complexity index is 905. The van der Waals surface area contributed by atoms with E-state index in [1.807, 2.05) is 25.1 Å². The second kappa shape index (κ2) is 6.51. The molecule has 4 rings (SSSR count). The van der Waals surface area contributed by atoms with Crippen LogP contribution in [0.25, 0.3) is 11.0 Å². The van der Waals surface area contributed by atoms with Crippen LogP contribution in [0.5, 0.6) is 0 Å². The predicted octanol–water partition coefficient (Wildman–Crippen LogP) is 2.06. The normalized spacial score (nSPS) is 17.6. The highest BCUT2D eigenvalue weighted by molar-refractivity contribution is 5.97. The first-order chi connectivity index (χ1) is 12.2. The van der Waals surface area contributed by atoms with Crippen LogP contribution in [0.15, 0.2) is 36.4 Å². The van der Waals surface area contributed by atoms with E-state index >= 15 is 0 Å². The van der Waals surface area contributed by atoms with Gasteiger partial charge in [-0.25, -0.2) is 4.98 Å². The molecule has 1 aromatic carbocycles. The van der Waals surface area contributed by atoms with Crippen LogP contribution in [0.2, 0.25) is 0 Å². The van der Waals surface area contributed by atoms with Crippen molar-refractivity contribution in [2.75, 3.05) is 18.0 Å². The molecule has 1 aliphatic rings. The Morgan fingerprint density at radius 1 is 1.24 bits per heavy atom. The standard InChI is InChI=1S/C18H20N6O/c1-12-4-2-6-17(19-12)24-9-3-5-14(11-24)20-18(25)13-7-8-15-16(10-13)22-23-21-15/h2,4,6-8,10,14H,3,5,9,11H2,1H3,(H,20,25)(H,21,22,23). The minimum atomic E-state index is -0.0750. The van der Waals surface area contributed by atoms with Crippen molar-refractivity contribution in [3.63, 3.8) is 0 Å². The Morgan fingerprint density at radius 2 is 2.12 bits per heavy atom. The van der Waals surface area contributed by atoms with Gasteiger partial charge in [0.05, 0.1) is 0 Å². The summed E-state index contributed by atoms with van der Waals surface area (Å²) in [6.45, 7) is 3.73. The molecular formula is C18H20N6O. The molecule has 0 saturated carbocycles. The molecule has 2 N–H and O–H groups in total. The molecule has 25 heavy (non-hydrogen) atoms. The zero-order valence-electron chi connectivity index (χ0n) is 14.1. The fourth-order valence-electron chi connectivity index (χ4n) is 3.26. The highest BCUT2D eigenvalue weighted by Gasteiger charge is 2.23. The average Bonchev–Trinajstić information content (AvgIpc) is 3.09. The number of benzene rings is 1. The van der Waals surface area contributed by atoms with Gasteiger partial charge in [0, 0.05) is 30.4 Å². The Labute approximate surface area is 145 Å². The molecule has 0 aliphatic carbocycles. The number of nitrogens with zero attached hydrogens (tertiary/aromatic N) is 4. The number of amides is 1. The number of hydrogen-bond acceptors (Lipinski definition) is 5. The third kappa shape index (κ3) is 3.31. The van der Waals surface area contributed by atoms with Crippen molar-refractivity contribution in [2.24, 2.45) is 0 Å². The molecule has 3 aromatic rings. The van der Waals surface area contributed by atoms with E-state index in [0.29, 0.717) is 11.1 Å². The van der Waals surface area contributed by atoms with E-state index < -0.39 is 0 Å². The molecule has 1 atom stereocenters. The number of aromatic nitrogens is 4. The van der Waals surface area contributed by atoms with Gasteiger partial charge >= 0.3 is 0 Å². The zero-order valence-corrected chi connectivity index (χ0v) is 14.1. The molecule has 7 heteroatoms. The predicted molar refractivity (Wildman–Crippen MR) is 95.6 cm³/mol. The monoisotopic (exact) mass is 336 g/mol. The van der Waals surface area contributed by atoms with Crippen LogP contribution in [-0.4, -0.2) is 45.4 Å². The third-order valence-corrected chi connectivity index (χ3v) is 4.53. The lowest BCUT2D eigenvalue weighted by Gasteiger charge is -2.34. The van der Waals surface area contributed by atoms with Crippen molar-refractivity contribution < 1.29 is 4.79 Å². The van der Waals surface area contributed by atoms with Crippen molar-refractivity contribution in [2.45, 2.75) is 25.8 Å². The van der Waals surface area contributed by atoms with Gasteiger partial charge in [0.25, 0.3) is 5.91 Å². The topological polar surface area (TPSA) is 86.8 Å². The number of piperidine rings is 1. The van der Waals surface area contributed by atoms with E-state index in [9.17, 15) is 4.79 Å². The number of rotatable bonds is 3. The summed E-state index contributed by atoms with van der Waals surface area (Å²) < 4.78 is 0. The van der Waals surface area contributed by atoms with Gasteiger partial charge < -0.3 is 10.2 Å². The summed E-state index contributed by atoms with van der Waals surface area (Å²) in [7, 11) is 0. The van der Waals surface area contributed by atoms with Crippen LogP contribution in [0.4, 0.5) is 5.82 Å². The van der Waals surface area contributed by atoms with E-state index in [4.69, 9.17) is 0 Å². The maximum Gasteiger partial charge on any atom is 0.251 e. The summed E-state index contributed by atoms with van der Waals surface area (Å²) in [6.07, 6.45) is 2.00. The molecule has 1 unspecified atom stereocenters. The van der Waals surface area contributed by atoms with Crippen molar-refractivity contribution in [3.8, 4) is 0 Å². The van der Waals surface area contributed by atoms with Gasteiger partial charge in [0.1, 0.15) is 16.9 Å². The van der Waals surface area contributed by atoms with Gasteiger partial charge in [-0.3, -0.25) is 4.79 Å². The van der Waals surface area contributed by atoms with E-state index in [2.05, 4.69) is 30.6 Å². The Balaban J connectivity index is 1.45. The van der Waals surface area contributed by atoms with Crippen LogP contribution in [-0.2, 0) is 0 Å². The molecule has 0 radical (unpaired) electrons. The fourth-order valence-corrected chi connectivity index (χ4v) is 3.26. The lowest BCUT2D eigenvalue weighted by Crippen LogP contribution is -2.48. The molecule has 128 valence electrons. The fraction of sp³-hybridized carbons (Fsp3) is 0.333. The Morgan fingerprint density at radius 3 is 3.00 bits per heavy atom. The number of fused-ring (bicyclic) bond motifs is 1. The molecule has 0 bridgehead atoms. The number of pyridine rings is 1. The average molecular weight is 336 g/mol. The van der Waals surface area contributed by atoms with E-state index in [1.54, 1.807) is 18.2 Å². The minimum Gasteiger partial charge on any atom is -0.355 e. The molecule has 2 aromatic heterocycles. The van der Waals surface area contributed by atoms with Crippen LogP contribution in [0, 0.1) is 6.92 Å². The first kappa shape index (κ1) is 15.6. The quantitative estimate of drug-likeness (QED) is 0.764. The number of carbonyl (C=O) groups excluding carboxylic acids is 1. The SMILES string of the molecule is Cc1cccc(N2CCCC(NC(=O)c3ccc4n[nH]nc4c3)C2)n1. The summed E-state index contributed by atoms with van der Waals surface area (Å²) in [5, 5.41) is 13.7. The third-order valence-electron chi connectivity index (χ3n) is 4.53. The lowest BCUT2D eigenvalue weighted by atomic mass is 10.0. The number of aryl methyl sites for hydroxylation is 1. The summed E-state index contributed by atoms with van der Waals surface area (Å²) in [5.41, 5.74) is 3.06. The largest absolute Gasteiger partial charge is 0.355 e. The van der Waals surface area contributed by atoms with E-state index in [-0.39, 0.29) is 11.9 Å². The summed E-state index contributed by atoms with van der Waals surface area (Å²) in [5.74, 6) is 0.900. The van der Waals surface area contributed by atoms with Gasteiger partial charge in [-0.1, -0.05) is 6.07 Å². The van der Waals surface area contributed by atoms with Crippen LogP contribution in [0.1, 0.15) is 28.9 Å². The molecule has 1 saturated heterocycles. The number of anilines is 1. The maximum absolute atomic E-state index is 12.6. The molecule has 3 heterocycles. The second-order valence-corrected chi connectivity index (χ2v) is 6.42. The highest BCUT2D eigenvalue weighted by Crippen LogP contribution is 2.19. The van der Waals surface area contributed by atoms with Crippen LogP contribution in [0.3, 0.4) is 0 Å². The Hall–Kier alpha value is -2.96. The smallest absolute Gasteiger partial charge is 0.251 e. The van der Waals surface area contributed by atoms with Gasteiger partial charge in [-0.15, -0.1) is 0 Å². The number of H-pyrrole nitrogens is 1. The molecule has 7 nitrogen and oxygen atoms in total. The number of hydrogen-bond donors (Lipinski definition) is 2. The minimum absolute atomic E-state index is 0.0750. The van der Waals surface area contributed by atoms with E-state index in [1.165, 1.54) is 0 Å². The van der Waals surface area contributed by atoms with Gasteiger partial charge in [0.15, 0.2) is 0 Å². The van der Waals surface area contributed by atoms with Crippen LogP contribution < -0.4 is 10.2 Å². The van der Waals surface area contributed by atoms with Crippen molar-refractivity contribution in [3.05, 3.63) is 47.7 Å². The number of carbonyl (C=O) groups is 1. The van der Waals surface area contributed by atoms with Gasteiger partial charge in [-0.05, 0) is 50.1 Å². The first-order valence-electron chi connectivity index (χ1n) is 8.49. The summed E-state index contributed by atoms with van der Waals surface area (Å²) in [4.78, 5) is 19.4. The zero-order chi connectivity index (χ0) is 17.2. The summed E-state index contributed by atoms with van der Waals surface area (Å²) >= 11 is 0. The number of nitrogens with one attached hydrogen (secondary N) is 2. The lowest BCUT2D eigenvalue weighted by molar-refractivity contribution is 0.0933. The second-order valence-electron chi connectivity index (χ2n) is 6.42. The van der Waals surface area contributed by atoms with E-state index in [0.717, 1.165) is 43.0 Å². The molecule has 1 aliphatic heterocycles. The van der Waals surface area contributed by atoms with Crippen molar-refractivity contribution >= 4 is 22.8 Å². The van der Waals surface area contributed by atoms with Crippen LogP contribution >= 0.6 is 0 Å². The van der Waals surface area contributed by atoms with Gasteiger partial charge in [0.2, 0.25) is 0 Å². The molecular weight excluding hydrogens is 316 g/mol. The molecule has 1 amide bonds. The van der Waals surface area contributed by atoms with Crippen molar-refractivity contribution in [1.29, 1.82) is 0 Å². The first-order valence-corrected chi connectivity index (χ1v) is 8.49. The Kier molecular flexibility index (Phi) is 4.05. The van der Waals surface area contributed by atoms with Crippen molar-refractivity contribution in [1.82, 2.24) is 25.7 Å². The molecule has 1 fully saturated rings. The maximum atomic E-state index is 12.6. The number of aromatic amines is 1. The highest BCUT2D eigenvalue weighted by atomic mass is 16.1.